The second-order valence-corrected chi connectivity index (χ2v) is 8.60. The van der Waals surface area contributed by atoms with Crippen LogP contribution >= 0.6 is 0 Å². The highest BCUT2D eigenvalue weighted by atomic mass is 16.5. The smallest absolute Gasteiger partial charge is 0.305 e. The van der Waals surface area contributed by atoms with E-state index < -0.39 is 0 Å². The van der Waals surface area contributed by atoms with Crippen molar-refractivity contribution in [3.8, 4) is 11.1 Å². The minimum atomic E-state index is -0.121. The lowest BCUT2D eigenvalue weighted by Crippen LogP contribution is -2.44. The molecular formula is C26H33NO3. The molecule has 2 aromatic rings. The van der Waals surface area contributed by atoms with Crippen LogP contribution < -0.4 is 0 Å². The summed E-state index contributed by atoms with van der Waals surface area (Å²) in [6, 6.07) is 19.5. The summed E-state index contributed by atoms with van der Waals surface area (Å²) in [6.45, 7) is 2.89. The van der Waals surface area contributed by atoms with E-state index in [1.807, 2.05) is 6.07 Å². The lowest BCUT2D eigenvalue weighted by molar-refractivity contribution is -0.143. The van der Waals surface area contributed by atoms with E-state index in [1.165, 1.54) is 43.1 Å². The lowest BCUT2D eigenvalue weighted by atomic mass is 9.94. The number of carbonyl (C=O) groups is 1. The molecule has 2 aliphatic rings. The Morgan fingerprint density at radius 1 is 0.933 bits per heavy atom. The number of methoxy groups -OCH3 is 1. The molecule has 1 aliphatic heterocycles. The van der Waals surface area contributed by atoms with Crippen LogP contribution in [0, 0.1) is 5.92 Å². The van der Waals surface area contributed by atoms with E-state index in [4.69, 9.17) is 9.47 Å². The van der Waals surface area contributed by atoms with Crippen molar-refractivity contribution in [3.05, 3.63) is 60.2 Å². The molecule has 2 fully saturated rings. The molecule has 3 atom stereocenters. The number of piperidine rings is 1. The first-order valence-electron chi connectivity index (χ1n) is 11.3. The zero-order valence-electron chi connectivity index (χ0n) is 18.0. The Morgan fingerprint density at radius 3 is 2.33 bits per heavy atom. The molecule has 2 aromatic carbocycles. The number of ether oxygens (including phenoxy) is 2. The summed E-state index contributed by atoms with van der Waals surface area (Å²) in [7, 11) is 1.48. The topological polar surface area (TPSA) is 38.8 Å². The van der Waals surface area contributed by atoms with E-state index in [1.54, 1.807) is 0 Å². The van der Waals surface area contributed by atoms with Crippen LogP contribution in [0.1, 0.15) is 44.1 Å². The van der Waals surface area contributed by atoms with Crippen molar-refractivity contribution in [1.29, 1.82) is 0 Å². The number of benzene rings is 2. The second kappa shape index (κ2) is 10.2. The van der Waals surface area contributed by atoms with E-state index in [0.717, 1.165) is 25.9 Å². The number of rotatable bonds is 7. The van der Waals surface area contributed by atoms with Gasteiger partial charge in [-0.1, -0.05) is 61.0 Å². The number of hydrogen-bond acceptors (Lipinski definition) is 4. The molecule has 4 nitrogen and oxygen atoms in total. The first-order chi connectivity index (χ1) is 14.7. The number of esters is 1. The van der Waals surface area contributed by atoms with Crippen molar-refractivity contribution >= 4 is 5.97 Å². The van der Waals surface area contributed by atoms with Crippen LogP contribution in [0.15, 0.2) is 54.6 Å². The van der Waals surface area contributed by atoms with Gasteiger partial charge in [0, 0.05) is 12.0 Å². The number of nitrogens with zero attached hydrogens (tertiary/aromatic N) is 1. The normalized spacial score (nSPS) is 24.6. The summed E-state index contributed by atoms with van der Waals surface area (Å²) in [5.74, 6) is 0.101. The van der Waals surface area contributed by atoms with Crippen molar-refractivity contribution in [2.24, 2.45) is 5.92 Å². The monoisotopic (exact) mass is 407 g/mol. The number of likely N-dealkylation sites (tertiary alicyclic amines) is 1. The fraction of sp³-hybridized carbons (Fsp3) is 0.500. The summed E-state index contributed by atoms with van der Waals surface area (Å²) in [4.78, 5) is 14.7. The summed E-state index contributed by atoms with van der Waals surface area (Å²) >= 11 is 0. The molecule has 1 saturated carbocycles. The van der Waals surface area contributed by atoms with E-state index in [-0.39, 0.29) is 18.0 Å². The predicted molar refractivity (Wildman–Crippen MR) is 119 cm³/mol. The van der Waals surface area contributed by atoms with E-state index >= 15 is 0 Å². The molecule has 0 unspecified atom stereocenters. The Kier molecular flexibility index (Phi) is 7.19. The molecule has 1 heterocycles. The van der Waals surface area contributed by atoms with Crippen LogP contribution in [0.2, 0.25) is 0 Å². The Labute approximate surface area is 180 Å². The minimum absolute atomic E-state index is 0.116. The van der Waals surface area contributed by atoms with E-state index in [9.17, 15) is 4.79 Å². The fourth-order valence-electron chi connectivity index (χ4n) is 5.09. The molecule has 1 saturated heterocycles. The maximum atomic E-state index is 12.1. The Morgan fingerprint density at radius 2 is 1.63 bits per heavy atom. The zero-order chi connectivity index (χ0) is 20.8. The first kappa shape index (κ1) is 21.1. The first-order valence-corrected chi connectivity index (χ1v) is 11.3. The number of hydrogen-bond donors (Lipinski definition) is 0. The van der Waals surface area contributed by atoms with Gasteiger partial charge in [0.2, 0.25) is 0 Å². The van der Waals surface area contributed by atoms with Gasteiger partial charge in [0.25, 0.3) is 0 Å². The van der Waals surface area contributed by atoms with Gasteiger partial charge < -0.3 is 9.47 Å². The van der Waals surface area contributed by atoms with Crippen LogP contribution in [0.4, 0.5) is 0 Å². The Bertz CT molecular complexity index is 799. The summed E-state index contributed by atoms with van der Waals surface area (Å²) in [5.41, 5.74) is 3.62. The third-order valence-electron chi connectivity index (χ3n) is 6.73. The molecule has 4 rings (SSSR count). The third kappa shape index (κ3) is 5.11. The highest BCUT2D eigenvalue weighted by Gasteiger charge is 2.41. The summed E-state index contributed by atoms with van der Waals surface area (Å²) in [5, 5.41) is 0. The highest BCUT2D eigenvalue weighted by molar-refractivity contribution is 5.69. The SMILES string of the molecule is COC(=O)C[C@H]1[C@@H](OCc2ccc(-c3ccccc3)cc2)CC[C@@H]1N1CCCCC1. The van der Waals surface area contributed by atoms with E-state index in [0.29, 0.717) is 19.1 Å². The Hall–Kier alpha value is -2.17. The van der Waals surface area contributed by atoms with Crippen LogP contribution in [0.5, 0.6) is 0 Å². The van der Waals surface area contributed by atoms with Gasteiger partial charge in [-0.15, -0.1) is 0 Å². The average molecular weight is 408 g/mol. The van der Waals surface area contributed by atoms with Gasteiger partial charge in [-0.3, -0.25) is 9.69 Å². The van der Waals surface area contributed by atoms with Gasteiger partial charge in [-0.2, -0.15) is 0 Å². The van der Waals surface area contributed by atoms with Crippen LogP contribution in [0.25, 0.3) is 11.1 Å². The van der Waals surface area contributed by atoms with E-state index in [2.05, 4.69) is 53.4 Å². The molecule has 160 valence electrons. The van der Waals surface area contributed by atoms with Crippen molar-refractivity contribution in [2.45, 2.75) is 57.3 Å². The summed E-state index contributed by atoms with van der Waals surface area (Å²) in [6.07, 6.45) is 6.55. The highest BCUT2D eigenvalue weighted by Crippen LogP contribution is 2.37. The van der Waals surface area contributed by atoms with Crippen molar-refractivity contribution in [3.63, 3.8) is 0 Å². The van der Waals surface area contributed by atoms with Crippen molar-refractivity contribution < 1.29 is 14.3 Å². The third-order valence-corrected chi connectivity index (χ3v) is 6.73. The van der Waals surface area contributed by atoms with Gasteiger partial charge in [0.1, 0.15) is 0 Å². The van der Waals surface area contributed by atoms with Gasteiger partial charge in [-0.05, 0) is 55.5 Å². The van der Waals surface area contributed by atoms with Gasteiger partial charge in [0.15, 0.2) is 0 Å². The van der Waals surface area contributed by atoms with Crippen LogP contribution in [0.3, 0.4) is 0 Å². The Balaban J connectivity index is 1.39. The van der Waals surface area contributed by atoms with Crippen LogP contribution in [-0.4, -0.2) is 43.2 Å². The van der Waals surface area contributed by atoms with Gasteiger partial charge >= 0.3 is 5.97 Å². The standard InChI is InChI=1S/C26H33NO3/c1-29-26(28)18-23-24(27-16-6-3-7-17-27)14-15-25(23)30-19-20-10-12-22(13-11-20)21-8-4-2-5-9-21/h2,4-5,8-13,23-25H,3,6-7,14-19H2,1H3/t23-,24+,25+/m1/s1. The van der Waals surface area contributed by atoms with Crippen molar-refractivity contribution in [1.82, 2.24) is 4.90 Å². The molecule has 0 spiro atoms. The lowest BCUT2D eigenvalue weighted by Gasteiger charge is -2.36. The number of carbonyl (C=O) groups excluding carboxylic acids is 1. The van der Waals surface area contributed by atoms with Crippen LogP contribution in [-0.2, 0) is 20.9 Å². The molecule has 30 heavy (non-hydrogen) atoms. The minimum Gasteiger partial charge on any atom is -0.469 e. The molecule has 1 aliphatic carbocycles. The molecular weight excluding hydrogens is 374 g/mol. The van der Waals surface area contributed by atoms with Gasteiger partial charge in [-0.25, -0.2) is 0 Å². The second-order valence-electron chi connectivity index (χ2n) is 8.60. The predicted octanol–water partition coefficient (Wildman–Crippen LogP) is 5.07. The molecule has 4 heteroatoms. The molecule has 0 N–H and O–H groups in total. The summed E-state index contributed by atoms with van der Waals surface area (Å²) < 4.78 is 11.4. The molecule has 0 bridgehead atoms. The quantitative estimate of drug-likeness (QED) is 0.601. The maximum absolute atomic E-state index is 12.1. The fourth-order valence-corrected chi connectivity index (χ4v) is 5.09. The van der Waals surface area contributed by atoms with Crippen molar-refractivity contribution in [2.75, 3.05) is 20.2 Å². The maximum Gasteiger partial charge on any atom is 0.305 e. The average Bonchev–Trinajstić information content (AvgIpc) is 3.21. The zero-order valence-corrected chi connectivity index (χ0v) is 18.0. The molecule has 0 amide bonds. The molecule has 0 aromatic heterocycles. The largest absolute Gasteiger partial charge is 0.469 e. The van der Waals surface area contributed by atoms with Gasteiger partial charge in [0.05, 0.1) is 26.2 Å². The molecule has 0 radical (unpaired) electrons.